The van der Waals surface area contributed by atoms with Crippen LogP contribution in [0.4, 0.5) is 13.2 Å². The minimum Gasteiger partial charge on any atom is -0.271 e. The smallest absolute Gasteiger partial charge is 0.194 e. The second kappa shape index (κ2) is 5.92. The van der Waals surface area contributed by atoms with Gasteiger partial charge in [-0.05, 0) is 29.8 Å². The van der Waals surface area contributed by atoms with E-state index in [0.29, 0.717) is 10.8 Å². The number of thiophene rings is 1. The second-order valence-corrected chi connectivity index (χ2v) is 5.73. The van der Waals surface area contributed by atoms with Crippen LogP contribution in [0.5, 0.6) is 0 Å². The molecule has 3 N–H and O–H groups in total. The summed E-state index contributed by atoms with van der Waals surface area (Å²) < 4.78 is 39.9. The SMILES string of the molecule is NNC(Cc1ccc(Cl)s1)c1cc(F)c(F)c(F)c1. The van der Waals surface area contributed by atoms with Gasteiger partial charge in [-0.15, -0.1) is 11.3 Å². The predicted molar refractivity (Wildman–Crippen MR) is 69.4 cm³/mol. The molecule has 0 aliphatic rings. The van der Waals surface area contributed by atoms with Crippen LogP contribution in [0.25, 0.3) is 0 Å². The molecule has 102 valence electrons. The summed E-state index contributed by atoms with van der Waals surface area (Å²) in [6.45, 7) is 0. The Morgan fingerprint density at radius 1 is 1.21 bits per heavy atom. The monoisotopic (exact) mass is 306 g/mol. The van der Waals surface area contributed by atoms with E-state index < -0.39 is 23.5 Å². The van der Waals surface area contributed by atoms with E-state index in [1.54, 1.807) is 12.1 Å². The normalized spacial score (nSPS) is 12.7. The number of nitrogens with two attached hydrogens (primary N) is 1. The van der Waals surface area contributed by atoms with Crippen molar-refractivity contribution in [3.05, 3.63) is 56.5 Å². The van der Waals surface area contributed by atoms with Crippen molar-refractivity contribution in [1.29, 1.82) is 0 Å². The zero-order valence-corrected chi connectivity index (χ0v) is 11.2. The zero-order valence-electron chi connectivity index (χ0n) is 9.59. The molecule has 0 aliphatic heterocycles. The summed E-state index contributed by atoms with van der Waals surface area (Å²) in [7, 11) is 0. The molecule has 0 fully saturated rings. The average Bonchev–Trinajstić information content (AvgIpc) is 2.78. The Kier molecular flexibility index (Phi) is 4.46. The van der Waals surface area contributed by atoms with Crippen LogP contribution < -0.4 is 11.3 Å². The highest BCUT2D eigenvalue weighted by molar-refractivity contribution is 7.16. The fourth-order valence-electron chi connectivity index (χ4n) is 1.71. The van der Waals surface area contributed by atoms with Crippen LogP contribution in [0, 0.1) is 17.5 Å². The molecule has 7 heteroatoms. The first-order valence-electron chi connectivity index (χ1n) is 5.36. The van der Waals surface area contributed by atoms with Gasteiger partial charge < -0.3 is 0 Å². The maximum atomic E-state index is 13.2. The predicted octanol–water partition coefficient (Wildman–Crippen LogP) is 3.57. The van der Waals surface area contributed by atoms with Crippen molar-refractivity contribution in [1.82, 2.24) is 5.43 Å². The number of benzene rings is 1. The molecule has 1 unspecified atom stereocenters. The number of nitrogens with one attached hydrogen (secondary N) is 1. The Hall–Kier alpha value is -1.08. The van der Waals surface area contributed by atoms with Gasteiger partial charge in [-0.3, -0.25) is 11.3 Å². The van der Waals surface area contributed by atoms with Crippen molar-refractivity contribution in [2.24, 2.45) is 5.84 Å². The zero-order chi connectivity index (χ0) is 14.0. The number of hydrazine groups is 1. The molecule has 1 aromatic heterocycles. The molecule has 0 amide bonds. The van der Waals surface area contributed by atoms with Gasteiger partial charge in [0.2, 0.25) is 0 Å². The Balaban J connectivity index is 2.27. The number of hydrogen-bond donors (Lipinski definition) is 2. The Bertz CT molecular complexity index is 565. The van der Waals surface area contributed by atoms with E-state index in [0.717, 1.165) is 17.0 Å². The van der Waals surface area contributed by atoms with Crippen molar-refractivity contribution in [3.63, 3.8) is 0 Å². The fourth-order valence-corrected chi connectivity index (χ4v) is 2.84. The Labute approximate surface area is 117 Å². The summed E-state index contributed by atoms with van der Waals surface area (Å²) >= 11 is 7.15. The first kappa shape index (κ1) is 14.3. The van der Waals surface area contributed by atoms with Gasteiger partial charge in [0.25, 0.3) is 0 Å². The molecule has 1 atom stereocenters. The quantitative estimate of drug-likeness (QED) is 0.515. The molecule has 19 heavy (non-hydrogen) atoms. The Morgan fingerprint density at radius 2 is 1.84 bits per heavy atom. The number of hydrogen-bond acceptors (Lipinski definition) is 3. The highest BCUT2D eigenvalue weighted by atomic mass is 35.5. The highest BCUT2D eigenvalue weighted by Gasteiger charge is 2.17. The Morgan fingerprint density at radius 3 is 2.32 bits per heavy atom. The fraction of sp³-hybridized carbons (Fsp3) is 0.167. The molecule has 1 heterocycles. The summed E-state index contributed by atoms with van der Waals surface area (Å²) in [5.74, 6) is 1.42. The van der Waals surface area contributed by atoms with Crippen LogP contribution in [0.15, 0.2) is 24.3 Å². The molecule has 0 aliphatic carbocycles. The topological polar surface area (TPSA) is 38.0 Å². The maximum Gasteiger partial charge on any atom is 0.194 e. The standard InChI is InChI=1S/C12H10ClF3N2S/c13-11-2-1-7(19-11)5-10(18-17)6-3-8(14)12(16)9(15)4-6/h1-4,10,18H,5,17H2. The van der Waals surface area contributed by atoms with Crippen molar-refractivity contribution in [3.8, 4) is 0 Å². The van der Waals surface area contributed by atoms with Crippen molar-refractivity contribution in [2.45, 2.75) is 12.5 Å². The van der Waals surface area contributed by atoms with Crippen LogP contribution in [-0.2, 0) is 6.42 Å². The summed E-state index contributed by atoms with van der Waals surface area (Å²) in [6.07, 6.45) is 0.401. The van der Waals surface area contributed by atoms with E-state index in [1.165, 1.54) is 11.3 Å². The third-order valence-corrected chi connectivity index (χ3v) is 3.90. The van der Waals surface area contributed by atoms with Crippen molar-refractivity contribution < 1.29 is 13.2 Å². The molecule has 2 nitrogen and oxygen atoms in total. The van der Waals surface area contributed by atoms with Gasteiger partial charge in [-0.25, -0.2) is 13.2 Å². The van der Waals surface area contributed by atoms with Crippen molar-refractivity contribution >= 4 is 22.9 Å². The lowest BCUT2D eigenvalue weighted by molar-refractivity contribution is 0.439. The molecular weight excluding hydrogens is 297 g/mol. The van der Waals surface area contributed by atoms with E-state index in [-0.39, 0.29) is 5.56 Å². The molecule has 0 spiro atoms. The van der Waals surface area contributed by atoms with Gasteiger partial charge in [-0.2, -0.15) is 0 Å². The minimum atomic E-state index is -1.49. The third-order valence-electron chi connectivity index (χ3n) is 2.64. The third kappa shape index (κ3) is 3.27. The molecule has 2 rings (SSSR count). The minimum absolute atomic E-state index is 0.239. The van der Waals surface area contributed by atoms with E-state index in [1.807, 2.05) is 0 Å². The van der Waals surface area contributed by atoms with Gasteiger partial charge in [-0.1, -0.05) is 11.6 Å². The maximum absolute atomic E-state index is 13.2. The van der Waals surface area contributed by atoms with Gasteiger partial charge >= 0.3 is 0 Å². The van der Waals surface area contributed by atoms with E-state index in [2.05, 4.69) is 5.43 Å². The lowest BCUT2D eigenvalue weighted by Crippen LogP contribution is -2.29. The summed E-state index contributed by atoms with van der Waals surface area (Å²) in [5, 5.41) is 0. The lowest BCUT2D eigenvalue weighted by atomic mass is 10.0. The van der Waals surface area contributed by atoms with Crippen LogP contribution in [0.3, 0.4) is 0 Å². The molecule has 0 bridgehead atoms. The molecule has 1 aromatic carbocycles. The van der Waals surface area contributed by atoms with Gasteiger partial charge in [0.1, 0.15) is 0 Å². The average molecular weight is 307 g/mol. The summed E-state index contributed by atoms with van der Waals surface area (Å²) in [5.41, 5.74) is 2.70. The first-order valence-corrected chi connectivity index (χ1v) is 6.55. The van der Waals surface area contributed by atoms with Gasteiger partial charge in [0, 0.05) is 11.3 Å². The van der Waals surface area contributed by atoms with Gasteiger partial charge in [0.15, 0.2) is 17.5 Å². The van der Waals surface area contributed by atoms with Gasteiger partial charge in [0.05, 0.1) is 10.4 Å². The summed E-state index contributed by atoms with van der Waals surface area (Å²) in [4.78, 5) is 0.901. The van der Waals surface area contributed by atoms with Crippen molar-refractivity contribution in [2.75, 3.05) is 0 Å². The second-order valence-electron chi connectivity index (χ2n) is 3.93. The molecular formula is C12H10ClF3N2S. The number of halogens is 4. The van der Waals surface area contributed by atoms with Crippen LogP contribution in [0.2, 0.25) is 4.34 Å². The van der Waals surface area contributed by atoms with E-state index >= 15 is 0 Å². The van der Waals surface area contributed by atoms with E-state index in [9.17, 15) is 13.2 Å². The molecule has 0 saturated heterocycles. The summed E-state index contributed by atoms with van der Waals surface area (Å²) in [6, 6.07) is 4.85. The molecule has 0 saturated carbocycles. The van der Waals surface area contributed by atoms with Crippen LogP contribution in [-0.4, -0.2) is 0 Å². The lowest BCUT2D eigenvalue weighted by Gasteiger charge is -2.16. The van der Waals surface area contributed by atoms with E-state index in [4.69, 9.17) is 17.4 Å². The first-order chi connectivity index (χ1) is 9.01. The van der Waals surface area contributed by atoms with Crippen LogP contribution in [0.1, 0.15) is 16.5 Å². The number of rotatable bonds is 4. The highest BCUT2D eigenvalue weighted by Crippen LogP contribution is 2.27. The molecule has 2 aromatic rings. The molecule has 0 radical (unpaired) electrons. The largest absolute Gasteiger partial charge is 0.271 e. The van der Waals surface area contributed by atoms with Crippen LogP contribution >= 0.6 is 22.9 Å².